The van der Waals surface area contributed by atoms with Crippen LogP contribution < -0.4 is 5.32 Å². The fourth-order valence-corrected chi connectivity index (χ4v) is 1.33. The Morgan fingerprint density at radius 3 is 2.44 bits per heavy atom. The van der Waals surface area contributed by atoms with E-state index >= 15 is 0 Å². The minimum atomic E-state index is -0.388. The number of alkyl halides is 1. The quantitative estimate of drug-likeness (QED) is 0.228. The molecular weight excluding hydrogens is 250 g/mol. The van der Waals surface area contributed by atoms with E-state index in [9.17, 15) is 4.79 Å². The first-order valence-corrected chi connectivity index (χ1v) is 6.15. The summed E-state index contributed by atoms with van der Waals surface area (Å²) in [4.78, 5) is 13.4. The third-order valence-electron chi connectivity index (χ3n) is 2.00. The fourth-order valence-electron chi connectivity index (χ4n) is 1.20. The van der Waals surface area contributed by atoms with Gasteiger partial charge >= 0.3 is 0 Å². The Morgan fingerprint density at radius 1 is 1.39 bits per heavy atom. The van der Waals surface area contributed by atoms with Gasteiger partial charge in [-0.3, -0.25) is 4.79 Å². The van der Waals surface area contributed by atoms with Crippen LogP contribution in [0, 0.1) is 11.3 Å². The van der Waals surface area contributed by atoms with Crippen LogP contribution in [0.2, 0.25) is 0 Å². The molecule has 5 heteroatoms. The van der Waals surface area contributed by atoms with Crippen molar-refractivity contribution >= 4 is 17.5 Å². The van der Waals surface area contributed by atoms with Gasteiger partial charge in [-0.25, -0.2) is 0 Å². The summed E-state index contributed by atoms with van der Waals surface area (Å²) < 4.78 is 0. The van der Waals surface area contributed by atoms with E-state index in [1.54, 1.807) is 17.1 Å². The molecule has 0 unspecified atom stereocenters. The summed E-state index contributed by atoms with van der Waals surface area (Å²) in [6.45, 7) is 8.79. The van der Waals surface area contributed by atoms with Gasteiger partial charge in [0.25, 0.3) is 5.91 Å². The normalized spacial score (nSPS) is 10.3. The summed E-state index contributed by atoms with van der Waals surface area (Å²) in [5.41, 5.74) is 0.0632. The maximum atomic E-state index is 11.7. The van der Waals surface area contributed by atoms with Gasteiger partial charge in [0.05, 0.1) is 0 Å². The van der Waals surface area contributed by atoms with E-state index in [1.165, 1.54) is 6.20 Å². The first kappa shape index (κ1) is 16.3. The van der Waals surface area contributed by atoms with Gasteiger partial charge in [0.2, 0.25) is 0 Å². The van der Waals surface area contributed by atoms with Crippen LogP contribution in [0.5, 0.6) is 0 Å². The van der Waals surface area contributed by atoms with Gasteiger partial charge in [-0.05, 0) is 6.42 Å². The molecule has 0 rings (SSSR count). The van der Waals surface area contributed by atoms with Gasteiger partial charge in [0, 0.05) is 31.7 Å². The smallest absolute Gasteiger partial charge is 0.263 e. The van der Waals surface area contributed by atoms with E-state index in [1.807, 2.05) is 6.07 Å². The molecule has 18 heavy (non-hydrogen) atoms. The van der Waals surface area contributed by atoms with Crippen LogP contribution in [0.15, 0.2) is 37.1 Å². The molecule has 0 saturated heterocycles. The number of nitriles is 1. The molecule has 0 saturated carbocycles. The first-order chi connectivity index (χ1) is 8.69. The number of rotatable bonds is 9. The topological polar surface area (TPSA) is 56.1 Å². The molecule has 0 heterocycles. The van der Waals surface area contributed by atoms with Crippen molar-refractivity contribution in [2.24, 2.45) is 0 Å². The predicted molar refractivity (Wildman–Crippen MR) is 74.0 cm³/mol. The zero-order valence-corrected chi connectivity index (χ0v) is 11.1. The third kappa shape index (κ3) is 6.77. The lowest BCUT2D eigenvalue weighted by Gasteiger charge is -2.16. The number of amides is 1. The highest BCUT2D eigenvalue weighted by molar-refractivity contribution is 6.17. The number of hydrogen-bond acceptors (Lipinski definition) is 3. The van der Waals surface area contributed by atoms with E-state index in [0.29, 0.717) is 31.9 Å². The largest absolute Gasteiger partial charge is 0.369 e. The van der Waals surface area contributed by atoms with Crippen molar-refractivity contribution in [3.8, 4) is 6.07 Å². The zero-order chi connectivity index (χ0) is 13.8. The highest BCUT2D eigenvalue weighted by atomic mass is 35.5. The van der Waals surface area contributed by atoms with Gasteiger partial charge in [-0.15, -0.1) is 24.8 Å². The van der Waals surface area contributed by atoms with Crippen molar-refractivity contribution in [2.75, 3.05) is 25.5 Å². The lowest BCUT2D eigenvalue weighted by molar-refractivity contribution is -0.117. The van der Waals surface area contributed by atoms with Crippen LogP contribution in [0.25, 0.3) is 0 Å². The van der Waals surface area contributed by atoms with Crippen LogP contribution in [-0.2, 0) is 4.79 Å². The molecule has 1 amide bonds. The monoisotopic (exact) mass is 267 g/mol. The van der Waals surface area contributed by atoms with Crippen LogP contribution in [0.3, 0.4) is 0 Å². The summed E-state index contributed by atoms with van der Waals surface area (Å²) in [5, 5.41) is 11.6. The Bertz CT molecular complexity index is 348. The SMILES string of the molecule is C=CCN(/C=C(/C#N)C(=O)NCCCCl)CC=C. The highest BCUT2D eigenvalue weighted by Crippen LogP contribution is 1.99. The zero-order valence-electron chi connectivity index (χ0n) is 10.4. The van der Waals surface area contributed by atoms with Gasteiger partial charge < -0.3 is 10.2 Å². The molecule has 4 nitrogen and oxygen atoms in total. The molecule has 0 aliphatic carbocycles. The van der Waals surface area contributed by atoms with E-state index in [-0.39, 0.29) is 11.5 Å². The molecule has 0 fully saturated rings. The van der Waals surface area contributed by atoms with Crippen molar-refractivity contribution in [3.63, 3.8) is 0 Å². The van der Waals surface area contributed by atoms with E-state index in [2.05, 4.69) is 18.5 Å². The van der Waals surface area contributed by atoms with Crippen molar-refractivity contribution in [1.82, 2.24) is 10.2 Å². The second-order valence-corrected chi connectivity index (χ2v) is 3.86. The number of nitrogens with zero attached hydrogens (tertiary/aromatic N) is 2. The third-order valence-corrected chi connectivity index (χ3v) is 2.27. The number of carbonyl (C=O) groups is 1. The average Bonchev–Trinajstić information content (AvgIpc) is 2.36. The molecule has 0 spiro atoms. The van der Waals surface area contributed by atoms with E-state index < -0.39 is 0 Å². The van der Waals surface area contributed by atoms with Gasteiger partial charge in [-0.1, -0.05) is 12.2 Å². The van der Waals surface area contributed by atoms with Gasteiger partial charge in [-0.2, -0.15) is 5.26 Å². The van der Waals surface area contributed by atoms with E-state index in [0.717, 1.165) is 0 Å². The van der Waals surface area contributed by atoms with E-state index in [4.69, 9.17) is 16.9 Å². The Kier molecular flexibility index (Phi) is 9.42. The molecule has 98 valence electrons. The lowest BCUT2D eigenvalue weighted by Crippen LogP contribution is -2.28. The van der Waals surface area contributed by atoms with Crippen molar-refractivity contribution in [3.05, 3.63) is 37.1 Å². The summed E-state index contributed by atoms with van der Waals surface area (Å²) in [6, 6.07) is 1.88. The first-order valence-electron chi connectivity index (χ1n) is 5.61. The average molecular weight is 268 g/mol. The molecule has 0 aliphatic heterocycles. The number of carbonyl (C=O) groups excluding carboxylic acids is 1. The number of nitrogens with one attached hydrogen (secondary N) is 1. The van der Waals surface area contributed by atoms with Crippen LogP contribution in [-0.4, -0.2) is 36.3 Å². The van der Waals surface area contributed by atoms with Crippen molar-refractivity contribution < 1.29 is 4.79 Å². The summed E-state index contributed by atoms with van der Waals surface area (Å²) in [5.74, 6) is 0.0889. The summed E-state index contributed by atoms with van der Waals surface area (Å²) in [6.07, 6.45) is 5.58. The Labute approximate surface area is 113 Å². The molecule has 0 radical (unpaired) electrons. The number of halogens is 1. The van der Waals surface area contributed by atoms with Gasteiger partial charge in [0.1, 0.15) is 11.6 Å². The minimum Gasteiger partial charge on any atom is -0.369 e. The summed E-state index contributed by atoms with van der Waals surface area (Å²) >= 11 is 5.50. The Hall–Kier alpha value is -1.73. The highest BCUT2D eigenvalue weighted by Gasteiger charge is 2.09. The fraction of sp³-hybridized carbons (Fsp3) is 0.385. The second-order valence-electron chi connectivity index (χ2n) is 3.48. The predicted octanol–water partition coefficient (Wildman–Crippen LogP) is 1.81. The maximum absolute atomic E-state index is 11.7. The molecule has 0 atom stereocenters. The molecule has 0 aliphatic rings. The molecule has 1 N–H and O–H groups in total. The minimum absolute atomic E-state index is 0.0632. The molecule has 0 aromatic rings. The number of hydrogen-bond donors (Lipinski definition) is 1. The molecule has 0 aromatic heterocycles. The molecule has 0 bridgehead atoms. The summed E-state index contributed by atoms with van der Waals surface area (Å²) in [7, 11) is 0. The van der Waals surface area contributed by atoms with Crippen LogP contribution in [0.4, 0.5) is 0 Å². The molecule has 0 aromatic carbocycles. The van der Waals surface area contributed by atoms with Crippen molar-refractivity contribution in [1.29, 1.82) is 5.26 Å². The van der Waals surface area contributed by atoms with Crippen LogP contribution >= 0.6 is 11.6 Å². The Morgan fingerprint density at radius 2 is 2.00 bits per heavy atom. The van der Waals surface area contributed by atoms with Crippen LogP contribution in [0.1, 0.15) is 6.42 Å². The Balaban J connectivity index is 4.60. The standard InChI is InChI=1S/C13H18ClN3O/c1-3-8-17(9-4-2)11-12(10-15)13(18)16-7-5-6-14/h3-4,11H,1-2,5-9H2,(H,16,18)/b12-11-. The molecular formula is C13H18ClN3O. The lowest BCUT2D eigenvalue weighted by atomic mass is 10.2. The van der Waals surface area contributed by atoms with Crippen molar-refractivity contribution in [2.45, 2.75) is 6.42 Å². The second kappa shape index (κ2) is 10.4. The maximum Gasteiger partial charge on any atom is 0.263 e. The van der Waals surface area contributed by atoms with Gasteiger partial charge in [0.15, 0.2) is 0 Å².